The Balaban J connectivity index is 1.84. The molecule has 1 N–H and O–H groups in total. The van der Waals surface area contributed by atoms with Gasteiger partial charge >= 0.3 is 6.36 Å². The monoisotopic (exact) mass is 507 g/mol. The second kappa shape index (κ2) is 9.03. The lowest BCUT2D eigenvalue weighted by atomic mass is 9.99. The van der Waals surface area contributed by atoms with Gasteiger partial charge in [-0.1, -0.05) is 11.6 Å². The fourth-order valence-electron chi connectivity index (χ4n) is 3.75. The summed E-state index contributed by atoms with van der Waals surface area (Å²) in [4.78, 5) is 27.2. The number of aliphatic hydroxyl groups is 1. The summed E-state index contributed by atoms with van der Waals surface area (Å²) in [6.07, 6.45) is -4.89. The standard InChI is InChI=1S/C24H17ClF3NO6/c1-12-3-9-18(34-12)20-19(21(30)13-4-10-17(33-2)16(25)11-13)22(31)23(32)29(20)14-5-7-15(8-6-14)35-24(26,27)28/h3-11,20,30H,1-2H3/b21-19-. The van der Waals surface area contributed by atoms with E-state index in [0.717, 1.165) is 17.0 Å². The van der Waals surface area contributed by atoms with E-state index < -0.39 is 35.6 Å². The van der Waals surface area contributed by atoms with E-state index in [1.807, 2.05) is 0 Å². The van der Waals surface area contributed by atoms with Crippen molar-refractivity contribution in [1.29, 1.82) is 0 Å². The van der Waals surface area contributed by atoms with Crippen LogP contribution in [0.25, 0.3) is 5.76 Å². The van der Waals surface area contributed by atoms with Crippen LogP contribution in [0.3, 0.4) is 0 Å². The molecule has 1 atom stereocenters. The van der Waals surface area contributed by atoms with E-state index in [-0.39, 0.29) is 27.6 Å². The number of hydrogen-bond donors (Lipinski definition) is 1. The molecular formula is C24H17ClF3NO6. The van der Waals surface area contributed by atoms with Gasteiger partial charge in [0.05, 0.1) is 17.7 Å². The molecule has 35 heavy (non-hydrogen) atoms. The number of ether oxygens (including phenoxy) is 2. The van der Waals surface area contributed by atoms with Crippen LogP contribution in [0.4, 0.5) is 18.9 Å². The number of furan rings is 1. The largest absolute Gasteiger partial charge is 0.573 e. The van der Waals surface area contributed by atoms with Gasteiger partial charge in [-0.3, -0.25) is 14.5 Å². The number of halogens is 4. The van der Waals surface area contributed by atoms with Crippen molar-refractivity contribution >= 4 is 34.7 Å². The van der Waals surface area contributed by atoms with E-state index in [1.54, 1.807) is 13.0 Å². The van der Waals surface area contributed by atoms with Gasteiger partial charge in [0, 0.05) is 11.3 Å². The Bertz CT molecular complexity index is 1330. The summed E-state index contributed by atoms with van der Waals surface area (Å²) in [5.74, 6) is -2.05. The van der Waals surface area contributed by atoms with Gasteiger partial charge in [0.1, 0.15) is 34.8 Å². The predicted octanol–water partition coefficient (Wildman–Crippen LogP) is 5.77. The highest BCUT2D eigenvalue weighted by molar-refractivity contribution is 6.51. The molecule has 2 heterocycles. The lowest BCUT2D eigenvalue weighted by molar-refractivity contribution is -0.274. The Morgan fingerprint density at radius 1 is 1.09 bits per heavy atom. The lowest BCUT2D eigenvalue weighted by Gasteiger charge is -2.23. The lowest BCUT2D eigenvalue weighted by Crippen LogP contribution is -2.29. The summed E-state index contributed by atoms with van der Waals surface area (Å²) in [6.45, 7) is 1.65. The molecule has 11 heteroatoms. The molecular weight excluding hydrogens is 491 g/mol. The zero-order chi connectivity index (χ0) is 25.5. The molecule has 1 aliphatic heterocycles. The van der Waals surface area contributed by atoms with Crippen molar-refractivity contribution in [3.63, 3.8) is 0 Å². The third kappa shape index (κ3) is 4.69. The number of rotatable bonds is 5. The van der Waals surface area contributed by atoms with Crippen molar-refractivity contribution in [2.75, 3.05) is 12.0 Å². The summed E-state index contributed by atoms with van der Waals surface area (Å²) in [7, 11) is 1.41. The van der Waals surface area contributed by atoms with Crippen molar-refractivity contribution < 1.29 is 41.8 Å². The topological polar surface area (TPSA) is 89.2 Å². The van der Waals surface area contributed by atoms with Crippen LogP contribution < -0.4 is 14.4 Å². The molecule has 1 aromatic heterocycles. The van der Waals surface area contributed by atoms with Crippen molar-refractivity contribution in [2.24, 2.45) is 0 Å². The maximum atomic E-state index is 13.1. The Morgan fingerprint density at radius 2 is 1.77 bits per heavy atom. The molecule has 0 bridgehead atoms. The van der Waals surface area contributed by atoms with E-state index in [9.17, 15) is 27.9 Å². The Labute approximate surface area is 201 Å². The van der Waals surface area contributed by atoms with Gasteiger partial charge in [-0.15, -0.1) is 13.2 Å². The first-order valence-electron chi connectivity index (χ1n) is 10.1. The quantitative estimate of drug-likeness (QED) is 0.268. The SMILES string of the molecule is COc1ccc(/C(O)=C2/C(=O)C(=O)N(c3ccc(OC(F)(F)F)cc3)C2c2ccc(C)o2)cc1Cl. The van der Waals surface area contributed by atoms with E-state index in [0.29, 0.717) is 11.5 Å². The van der Waals surface area contributed by atoms with Gasteiger partial charge < -0.3 is 19.0 Å². The number of ketones is 1. The highest BCUT2D eigenvalue weighted by Gasteiger charge is 2.48. The molecule has 2 aromatic carbocycles. The highest BCUT2D eigenvalue weighted by Crippen LogP contribution is 2.43. The molecule has 0 radical (unpaired) electrons. The van der Waals surface area contributed by atoms with Crippen LogP contribution >= 0.6 is 11.6 Å². The minimum atomic E-state index is -4.89. The first kappa shape index (κ1) is 24.2. The second-order valence-corrected chi connectivity index (χ2v) is 7.92. The molecule has 0 saturated carbocycles. The van der Waals surface area contributed by atoms with Crippen molar-refractivity contribution in [3.8, 4) is 11.5 Å². The summed E-state index contributed by atoms with van der Waals surface area (Å²) in [5.41, 5.74) is -0.0373. The van der Waals surface area contributed by atoms with Gasteiger partial charge in [0.2, 0.25) is 0 Å². The van der Waals surface area contributed by atoms with Gasteiger partial charge in [-0.2, -0.15) is 0 Å². The summed E-state index contributed by atoms with van der Waals surface area (Å²) in [5, 5.41) is 11.2. The maximum Gasteiger partial charge on any atom is 0.573 e. The van der Waals surface area contributed by atoms with Gasteiger partial charge in [-0.05, 0) is 61.5 Å². The summed E-state index contributed by atoms with van der Waals surface area (Å²) in [6, 6.07) is 10.7. The van der Waals surface area contributed by atoms with Crippen molar-refractivity contribution in [1.82, 2.24) is 0 Å². The van der Waals surface area contributed by atoms with Gasteiger partial charge in [0.15, 0.2) is 0 Å². The molecule has 1 unspecified atom stereocenters. The number of anilines is 1. The minimum absolute atomic E-state index is 0.0903. The normalized spacial score (nSPS) is 17.7. The highest BCUT2D eigenvalue weighted by atomic mass is 35.5. The molecule has 0 spiro atoms. The summed E-state index contributed by atoms with van der Waals surface area (Å²) >= 11 is 6.16. The van der Waals surface area contributed by atoms with E-state index in [1.165, 1.54) is 43.5 Å². The number of amides is 1. The van der Waals surface area contributed by atoms with Gasteiger partial charge in [-0.25, -0.2) is 0 Å². The molecule has 182 valence electrons. The summed E-state index contributed by atoms with van der Waals surface area (Å²) < 4.78 is 52.2. The number of Topliss-reactive ketones (excluding diaryl/α,β-unsaturated/α-hetero) is 1. The molecule has 1 amide bonds. The molecule has 7 nitrogen and oxygen atoms in total. The van der Waals surface area contributed by atoms with Crippen molar-refractivity contribution in [2.45, 2.75) is 19.3 Å². The van der Waals surface area contributed by atoms with E-state index in [4.69, 9.17) is 20.8 Å². The zero-order valence-electron chi connectivity index (χ0n) is 18.2. The zero-order valence-corrected chi connectivity index (χ0v) is 19.0. The minimum Gasteiger partial charge on any atom is -0.507 e. The van der Waals surface area contributed by atoms with Crippen LogP contribution in [-0.2, 0) is 9.59 Å². The molecule has 4 rings (SSSR count). The number of aliphatic hydroxyl groups excluding tert-OH is 1. The van der Waals surface area contributed by atoms with Crippen molar-refractivity contribution in [3.05, 3.63) is 82.3 Å². The number of hydrogen-bond acceptors (Lipinski definition) is 6. The Morgan fingerprint density at radius 3 is 2.31 bits per heavy atom. The van der Waals surface area contributed by atoms with Crippen LogP contribution in [0.5, 0.6) is 11.5 Å². The average molecular weight is 508 g/mol. The van der Waals surface area contributed by atoms with E-state index >= 15 is 0 Å². The number of nitrogens with zero attached hydrogens (tertiary/aromatic N) is 1. The Hall–Kier alpha value is -3.92. The van der Waals surface area contributed by atoms with Crippen LogP contribution in [0.1, 0.15) is 23.1 Å². The average Bonchev–Trinajstić information content (AvgIpc) is 3.33. The third-order valence-electron chi connectivity index (χ3n) is 5.25. The number of alkyl halides is 3. The molecule has 1 fully saturated rings. The first-order chi connectivity index (χ1) is 16.5. The first-order valence-corrected chi connectivity index (χ1v) is 10.4. The number of methoxy groups -OCH3 is 1. The number of carbonyl (C=O) groups is 2. The number of benzene rings is 2. The van der Waals surface area contributed by atoms with Crippen LogP contribution in [0, 0.1) is 6.92 Å². The smallest absolute Gasteiger partial charge is 0.507 e. The van der Waals surface area contributed by atoms with Crippen LogP contribution in [0.2, 0.25) is 5.02 Å². The second-order valence-electron chi connectivity index (χ2n) is 7.51. The number of aryl methyl sites for hydroxylation is 1. The third-order valence-corrected chi connectivity index (χ3v) is 5.54. The number of carbonyl (C=O) groups excluding carboxylic acids is 2. The van der Waals surface area contributed by atoms with Crippen LogP contribution in [0.15, 0.2) is 64.6 Å². The molecule has 1 saturated heterocycles. The van der Waals surface area contributed by atoms with Gasteiger partial charge in [0.25, 0.3) is 11.7 Å². The fourth-order valence-corrected chi connectivity index (χ4v) is 4.00. The van der Waals surface area contributed by atoms with Crippen LogP contribution in [-0.4, -0.2) is 30.3 Å². The molecule has 1 aliphatic rings. The maximum absolute atomic E-state index is 13.1. The van der Waals surface area contributed by atoms with E-state index in [2.05, 4.69) is 4.74 Å². The Kier molecular flexibility index (Phi) is 6.25. The fraction of sp³-hybridized carbons (Fsp3) is 0.167. The molecule has 0 aliphatic carbocycles. The molecule has 3 aromatic rings. The predicted molar refractivity (Wildman–Crippen MR) is 119 cm³/mol.